The molecule has 1 heterocycles. The van der Waals surface area contributed by atoms with Crippen LogP contribution in [0.2, 0.25) is 0 Å². The third-order valence-electron chi connectivity index (χ3n) is 3.90. The summed E-state index contributed by atoms with van der Waals surface area (Å²) in [5.74, 6) is 0.969. The van der Waals surface area contributed by atoms with E-state index < -0.39 is 5.54 Å². The number of aryl methyl sites for hydroxylation is 1. The first-order valence-corrected chi connectivity index (χ1v) is 6.65. The fraction of sp³-hybridized carbons (Fsp3) is 0.533. The number of methoxy groups -OCH3 is 1. The Hall–Kier alpha value is -1.55. The van der Waals surface area contributed by atoms with E-state index in [9.17, 15) is 4.79 Å². The van der Waals surface area contributed by atoms with Crippen molar-refractivity contribution in [2.75, 3.05) is 27.2 Å². The molecule has 0 aromatic heterocycles. The van der Waals surface area contributed by atoms with Crippen LogP contribution in [0.15, 0.2) is 18.2 Å². The Balaban J connectivity index is 2.42. The van der Waals surface area contributed by atoms with Gasteiger partial charge in [-0.15, -0.1) is 0 Å². The molecule has 1 saturated heterocycles. The van der Waals surface area contributed by atoms with Crippen molar-refractivity contribution in [2.45, 2.75) is 25.8 Å². The highest BCUT2D eigenvalue weighted by atomic mass is 16.5. The van der Waals surface area contributed by atoms with Crippen LogP contribution >= 0.6 is 0 Å². The number of carbonyl (C=O) groups excluding carboxylic acids is 1. The second kappa shape index (κ2) is 5.21. The number of hydrogen-bond donors (Lipinski definition) is 1. The number of hydrogen-bond acceptors (Lipinski definition) is 3. The van der Waals surface area contributed by atoms with Crippen molar-refractivity contribution in [1.82, 2.24) is 10.2 Å². The van der Waals surface area contributed by atoms with Crippen LogP contribution in [0.25, 0.3) is 0 Å². The van der Waals surface area contributed by atoms with E-state index >= 15 is 0 Å². The van der Waals surface area contributed by atoms with Crippen molar-refractivity contribution in [3.63, 3.8) is 0 Å². The van der Waals surface area contributed by atoms with Gasteiger partial charge in [-0.2, -0.15) is 0 Å². The number of benzene rings is 1. The van der Waals surface area contributed by atoms with Crippen LogP contribution in [-0.4, -0.2) is 38.1 Å². The quantitative estimate of drug-likeness (QED) is 0.881. The first kappa shape index (κ1) is 13.9. The molecule has 1 atom stereocenters. The zero-order chi connectivity index (χ0) is 14.0. The van der Waals surface area contributed by atoms with E-state index in [4.69, 9.17) is 4.74 Å². The van der Waals surface area contributed by atoms with Crippen LogP contribution in [-0.2, 0) is 10.3 Å². The van der Waals surface area contributed by atoms with E-state index in [1.807, 2.05) is 39.1 Å². The molecule has 1 aliphatic heterocycles. The third kappa shape index (κ3) is 2.45. The van der Waals surface area contributed by atoms with Crippen molar-refractivity contribution >= 4 is 5.91 Å². The topological polar surface area (TPSA) is 41.6 Å². The van der Waals surface area contributed by atoms with Gasteiger partial charge in [-0.1, -0.05) is 12.1 Å². The summed E-state index contributed by atoms with van der Waals surface area (Å²) in [6.07, 6.45) is 0.979. The molecule has 1 aromatic rings. The number of amides is 1. The zero-order valence-corrected chi connectivity index (χ0v) is 12.1. The summed E-state index contributed by atoms with van der Waals surface area (Å²) in [5, 5.41) is 3.39. The maximum Gasteiger partial charge on any atom is 0.246 e. The summed E-state index contributed by atoms with van der Waals surface area (Å²) in [6.45, 7) is 5.60. The molecule has 4 nitrogen and oxygen atoms in total. The average Bonchev–Trinajstić information content (AvgIpc) is 2.53. The number of nitrogens with zero attached hydrogens (tertiary/aromatic N) is 1. The van der Waals surface area contributed by atoms with Crippen LogP contribution < -0.4 is 10.1 Å². The minimum atomic E-state index is -0.651. The minimum Gasteiger partial charge on any atom is -0.496 e. The predicted molar refractivity (Wildman–Crippen MR) is 75.3 cm³/mol. The molecule has 1 amide bonds. The maximum absolute atomic E-state index is 12.6. The van der Waals surface area contributed by atoms with E-state index in [0.29, 0.717) is 0 Å². The SMILES string of the molecule is COc1ccc(C2(C)NCCCN(C)C2=O)cc1C. The van der Waals surface area contributed by atoms with Gasteiger partial charge in [-0.3, -0.25) is 10.1 Å². The number of ether oxygens (including phenoxy) is 1. The van der Waals surface area contributed by atoms with Gasteiger partial charge in [0.2, 0.25) is 5.91 Å². The smallest absolute Gasteiger partial charge is 0.246 e. The fourth-order valence-corrected chi connectivity index (χ4v) is 2.63. The fourth-order valence-electron chi connectivity index (χ4n) is 2.63. The van der Waals surface area contributed by atoms with Crippen molar-refractivity contribution in [3.8, 4) is 5.75 Å². The lowest BCUT2D eigenvalue weighted by molar-refractivity contribution is -0.135. The molecule has 1 aliphatic rings. The lowest BCUT2D eigenvalue weighted by Crippen LogP contribution is -2.50. The summed E-state index contributed by atoms with van der Waals surface area (Å²) in [7, 11) is 3.52. The highest BCUT2D eigenvalue weighted by molar-refractivity contribution is 5.87. The zero-order valence-electron chi connectivity index (χ0n) is 12.1. The molecule has 0 bridgehead atoms. The number of rotatable bonds is 2. The molecule has 1 aromatic carbocycles. The van der Waals surface area contributed by atoms with E-state index in [0.717, 1.165) is 36.4 Å². The molecule has 1 unspecified atom stereocenters. The highest BCUT2D eigenvalue weighted by Gasteiger charge is 2.38. The maximum atomic E-state index is 12.6. The lowest BCUT2D eigenvalue weighted by atomic mass is 9.89. The molecule has 0 spiro atoms. The number of likely N-dealkylation sites (N-methyl/N-ethyl adjacent to an activating group) is 1. The van der Waals surface area contributed by atoms with Gasteiger partial charge in [-0.25, -0.2) is 0 Å². The molecule has 0 radical (unpaired) electrons. The summed E-state index contributed by atoms with van der Waals surface area (Å²) in [4.78, 5) is 14.4. The Morgan fingerprint density at radius 3 is 2.79 bits per heavy atom. The van der Waals surface area contributed by atoms with Crippen molar-refractivity contribution < 1.29 is 9.53 Å². The van der Waals surface area contributed by atoms with Gasteiger partial charge >= 0.3 is 0 Å². The molecular weight excluding hydrogens is 240 g/mol. The number of carbonyl (C=O) groups is 1. The molecule has 1 fully saturated rings. The monoisotopic (exact) mass is 262 g/mol. The van der Waals surface area contributed by atoms with E-state index in [2.05, 4.69) is 5.32 Å². The van der Waals surface area contributed by atoms with E-state index in [1.165, 1.54) is 0 Å². The predicted octanol–water partition coefficient (Wildman–Crippen LogP) is 1.67. The van der Waals surface area contributed by atoms with Gasteiger partial charge in [0.15, 0.2) is 0 Å². The molecule has 0 aliphatic carbocycles. The Morgan fingerprint density at radius 1 is 1.42 bits per heavy atom. The summed E-state index contributed by atoms with van der Waals surface area (Å²) >= 11 is 0. The lowest BCUT2D eigenvalue weighted by Gasteiger charge is -2.31. The second-order valence-electron chi connectivity index (χ2n) is 5.32. The molecule has 2 rings (SSSR count). The Bertz CT molecular complexity index is 487. The van der Waals surface area contributed by atoms with Gasteiger partial charge in [0.1, 0.15) is 11.3 Å². The van der Waals surface area contributed by atoms with Crippen LogP contribution in [0.1, 0.15) is 24.5 Å². The van der Waals surface area contributed by atoms with Crippen LogP contribution in [0, 0.1) is 6.92 Å². The van der Waals surface area contributed by atoms with Crippen molar-refractivity contribution in [1.29, 1.82) is 0 Å². The first-order valence-electron chi connectivity index (χ1n) is 6.65. The Kier molecular flexibility index (Phi) is 3.80. The van der Waals surface area contributed by atoms with Crippen LogP contribution in [0.5, 0.6) is 5.75 Å². The molecule has 0 saturated carbocycles. The van der Waals surface area contributed by atoms with Gasteiger partial charge in [0.05, 0.1) is 7.11 Å². The summed E-state index contributed by atoms with van der Waals surface area (Å²) in [6, 6.07) is 5.93. The Labute approximate surface area is 114 Å². The van der Waals surface area contributed by atoms with Crippen LogP contribution in [0.4, 0.5) is 0 Å². The van der Waals surface area contributed by atoms with E-state index in [-0.39, 0.29) is 5.91 Å². The largest absolute Gasteiger partial charge is 0.496 e. The average molecular weight is 262 g/mol. The van der Waals surface area contributed by atoms with Crippen LogP contribution in [0.3, 0.4) is 0 Å². The number of nitrogens with one attached hydrogen (secondary N) is 1. The molecule has 19 heavy (non-hydrogen) atoms. The van der Waals surface area contributed by atoms with E-state index in [1.54, 1.807) is 12.0 Å². The second-order valence-corrected chi connectivity index (χ2v) is 5.32. The molecule has 1 N–H and O–H groups in total. The standard InChI is InChI=1S/C15H22N2O2/c1-11-10-12(6-7-13(11)19-4)15(2)14(18)17(3)9-5-8-16-15/h6-7,10,16H,5,8-9H2,1-4H3. The molecule has 104 valence electrons. The normalized spacial score (nSPS) is 24.2. The minimum absolute atomic E-state index is 0.120. The van der Waals surface area contributed by atoms with Gasteiger partial charge < -0.3 is 9.64 Å². The van der Waals surface area contributed by atoms with Gasteiger partial charge in [0.25, 0.3) is 0 Å². The van der Waals surface area contributed by atoms with Gasteiger partial charge in [0, 0.05) is 13.6 Å². The molecular formula is C15H22N2O2. The summed E-state index contributed by atoms with van der Waals surface area (Å²) in [5.41, 5.74) is 1.38. The third-order valence-corrected chi connectivity index (χ3v) is 3.90. The molecule has 4 heteroatoms. The van der Waals surface area contributed by atoms with Gasteiger partial charge in [-0.05, 0) is 44.0 Å². The first-order chi connectivity index (χ1) is 8.99. The van der Waals surface area contributed by atoms with Crippen molar-refractivity contribution in [3.05, 3.63) is 29.3 Å². The summed E-state index contributed by atoms with van der Waals surface area (Å²) < 4.78 is 5.28. The Morgan fingerprint density at radius 2 is 2.16 bits per heavy atom. The highest BCUT2D eigenvalue weighted by Crippen LogP contribution is 2.29. The van der Waals surface area contributed by atoms with Crippen molar-refractivity contribution in [2.24, 2.45) is 0 Å².